The summed E-state index contributed by atoms with van der Waals surface area (Å²) in [7, 11) is -2.71. The molecule has 0 amide bonds. The van der Waals surface area contributed by atoms with E-state index in [1.54, 1.807) is 0 Å². The van der Waals surface area contributed by atoms with Crippen LogP contribution in [-0.4, -0.2) is 29.8 Å². The molecule has 0 rings (SSSR count). The zero-order valence-electron chi connectivity index (χ0n) is 14.9. The van der Waals surface area contributed by atoms with Crippen molar-refractivity contribution in [3.05, 3.63) is 0 Å². The summed E-state index contributed by atoms with van der Waals surface area (Å²) in [6, 6.07) is 5.19. The smallest absolute Gasteiger partial charge is 0.189 e. The fraction of sp³-hybridized carbons (Fsp3) is 1.00. The molecule has 0 saturated heterocycles. The Balaban J connectivity index is 3.76. The molecule has 0 saturated carbocycles. The lowest BCUT2D eigenvalue weighted by molar-refractivity contribution is 0.321. The molecule has 0 bridgehead atoms. The van der Waals surface area contributed by atoms with Gasteiger partial charge in [0.15, 0.2) is 16.6 Å². The lowest BCUT2D eigenvalue weighted by atomic mass is 10.2. The molecule has 2 atom stereocenters. The van der Waals surface area contributed by atoms with E-state index in [0.717, 1.165) is 13.2 Å². The summed E-state index contributed by atoms with van der Waals surface area (Å²) in [6.45, 7) is 15.4. The highest BCUT2D eigenvalue weighted by Crippen LogP contribution is 2.23. The minimum absolute atomic E-state index is 0.894. The Morgan fingerprint density at radius 1 is 0.600 bits per heavy atom. The maximum absolute atomic E-state index is 6.01. The van der Waals surface area contributed by atoms with Crippen LogP contribution < -0.4 is 0 Å². The first-order chi connectivity index (χ1) is 9.45. The van der Waals surface area contributed by atoms with Gasteiger partial charge in [0, 0.05) is 13.2 Å². The summed E-state index contributed by atoms with van der Waals surface area (Å²) in [4.78, 5) is 0. The average Bonchev–Trinajstić information content (AvgIpc) is 2.43. The van der Waals surface area contributed by atoms with Gasteiger partial charge in [-0.25, -0.2) is 0 Å². The van der Waals surface area contributed by atoms with Gasteiger partial charge in [-0.1, -0.05) is 39.5 Å². The van der Waals surface area contributed by atoms with Crippen LogP contribution >= 0.6 is 0 Å². The van der Waals surface area contributed by atoms with E-state index in [2.05, 4.69) is 40.8 Å². The van der Waals surface area contributed by atoms with Gasteiger partial charge in [0.1, 0.15) is 0 Å². The second-order valence-electron chi connectivity index (χ2n) is 6.39. The van der Waals surface area contributed by atoms with Crippen LogP contribution in [0.1, 0.15) is 53.4 Å². The van der Waals surface area contributed by atoms with Crippen LogP contribution in [0.2, 0.25) is 37.3 Å². The Morgan fingerprint density at radius 2 is 0.950 bits per heavy atom. The molecule has 0 aliphatic heterocycles. The molecule has 0 aromatic heterocycles. The van der Waals surface area contributed by atoms with E-state index in [9.17, 15) is 0 Å². The monoisotopic (exact) mass is 318 g/mol. The van der Waals surface area contributed by atoms with Gasteiger partial charge in [-0.2, -0.15) is 0 Å². The second kappa shape index (κ2) is 11.0. The molecule has 122 valence electrons. The van der Waals surface area contributed by atoms with Crippen molar-refractivity contribution in [1.82, 2.24) is 0 Å². The Hall–Kier alpha value is 0.354. The second-order valence-corrected chi connectivity index (χ2v) is 15.2. The quantitative estimate of drug-likeness (QED) is 0.315. The molecule has 0 N–H and O–H groups in total. The van der Waals surface area contributed by atoms with Crippen molar-refractivity contribution in [2.75, 3.05) is 13.2 Å². The van der Waals surface area contributed by atoms with Crippen molar-refractivity contribution in [3.8, 4) is 0 Å². The topological polar surface area (TPSA) is 18.5 Å². The van der Waals surface area contributed by atoms with Gasteiger partial charge in [0.25, 0.3) is 0 Å². The molecule has 0 aliphatic rings. The molecule has 0 aliphatic carbocycles. The van der Waals surface area contributed by atoms with Gasteiger partial charge < -0.3 is 8.85 Å². The summed E-state index contributed by atoms with van der Waals surface area (Å²) < 4.78 is 12.0. The van der Waals surface area contributed by atoms with E-state index in [1.165, 1.54) is 49.9 Å². The van der Waals surface area contributed by atoms with Crippen molar-refractivity contribution in [1.29, 1.82) is 0 Å². The minimum atomic E-state index is -1.36. The minimum Gasteiger partial charge on any atom is -0.417 e. The molecule has 4 heteroatoms. The lowest BCUT2D eigenvalue weighted by Crippen LogP contribution is -2.33. The molecule has 2 unspecified atom stereocenters. The van der Waals surface area contributed by atoms with Gasteiger partial charge in [-0.3, -0.25) is 0 Å². The molecular weight excluding hydrogens is 280 g/mol. The van der Waals surface area contributed by atoms with E-state index in [4.69, 9.17) is 8.85 Å². The molecule has 0 aromatic rings. The molecule has 20 heavy (non-hydrogen) atoms. The fourth-order valence-electron chi connectivity index (χ4n) is 2.75. The normalized spacial score (nSPS) is 17.7. The largest absolute Gasteiger partial charge is 0.417 e. The Labute approximate surface area is 129 Å². The van der Waals surface area contributed by atoms with Crippen LogP contribution in [0, 0.1) is 0 Å². The van der Waals surface area contributed by atoms with Crippen LogP contribution in [-0.2, 0) is 8.85 Å². The first-order valence-electron chi connectivity index (χ1n) is 8.73. The highest BCUT2D eigenvalue weighted by atomic mass is 28.4. The molecule has 0 radical (unpaired) electrons. The summed E-state index contributed by atoms with van der Waals surface area (Å²) in [6.07, 6.45) is 5.46. The maximum atomic E-state index is 6.01. The number of hydrogen-bond acceptors (Lipinski definition) is 2. The van der Waals surface area contributed by atoms with E-state index < -0.39 is 16.6 Å². The highest BCUT2D eigenvalue weighted by molar-refractivity contribution is 6.72. The van der Waals surface area contributed by atoms with Crippen LogP contribution in [0.3, 0.4) is 0 Å². The van der Waals surface area contributed by atoms with Gasteiger partial charge in [-0.15, -0.1) is 0 Å². The number of rotatable bonds is 13. The third-order valence-electron chi connectivity index (χ3n) is 4.64. The molecule has 0 aromatic carbocycles. The molecule has 2 nitrogen and oxygen atoms in total. The van der Waals surface area contributed by atoms with Gasteiger partial charge in [0.05, 0.1) is 0 Å². The lowest BCUT2D eigenvalue weighted by Gasteiger charge is -2.26. The number of hydrogen-bond donors (Lipinski definition) is 0. The van der Waals surface area contributed by atoms with Crippen molar-refractivity contribution < 1.29 is 8.85 Å². The highest BCUT2D eigenvalue weighted by Gasteiger charge is 2.26. The summed E-state index contributed by atoms with van der Waals surface area (Å²) in [5.74, 6) is 0. The molecule has 0 heterocycles. The van der Waals surface area contributed by atoms with Crippen molar-refractivity contribution >= 4 is 16.6 Å². The van der Waals surface area contributed by atoms with Crippen molar-refractivity contribution in [2.24, 2.45) is 0 Å². The standard InChI is InChI=1S/C16H38O2Si2/c1-7-17-19(5,9-3)15-13-11-12-14-16-20(6,10-4)18-8-2/h7-16H2,1-6H3. The van der Waals surface area contributed by atoms with E-state index >= 15 is 0 Å². The Kier molecular flexibility index (Phi) is 11.2. The Morgan fingerprint density at radius 3 is 1.20 bits per heavy atom. The van der Waals surface area contributed by atoms with Crippen LogP contribution in [0.4, 0.5) is 0 Å². The third kappa shape index (κ3) is 8.60. The summed E-state index contributed by atoms with van der Waals surface area (Å²) in [5, 5.41) is 0. The van der Waals surface area contributed by atoms with Gasteiger partial charge >= 0.3 is 0 Å². The van der Waals surface area contributed by atoms with Crippen LogP contribution in [0.15, 0.2) is 0 Å². The zero-order valence-corrected chi connectivity index (χ0v) is 16.9. The van der Waals surface area contributed by atoms with Crippen LogP contribution in [0.5, 0.6) is 0 Å². The predicted molar refractivity (Wildman–Crippen MR) is 95.5 cm³/mol. The van der Waals surface area contributed by atoms with Gasteiger partial charge in [-0.05, 0) is 51.1 Å². The first kappa shape index (κ1) is 20.4. The molecule has 0 spiro atoms. The summed E-state index contributed by atoms with van der Waals surface area (Å²) in [5.41, 5.74) is 0. The third-order valence-corrected chi connectivity index (χ3v) is 12.4. The van der Waals surface area contributed by atoms with Crippen LogP contribution in [0.25, 0.3) is 0 Å². The first-order valence-corrected chi connectivity index (χ1v) is 14.4. The average molecular weight is 319 g/mol. The van der Waals surface area contributed by atoms with Crippen molar-refractivity contribution in [3.63, 3.8) is 0 Å². The van der Waals surface area contributed by atoms with E-state index in [-0.39, 0.29) is 0 Å². The molecule has 0 fully saturated rings. The summed E-state index contributed by atoms with van der Waals surface area (Å²) >= 11 is 0. The van der Waals surface area contributed by atoms with E-state index in [0.29, 0.717) is 0 Å². The van der Waals surface area contributed by atoms with E-state index in [1.807, 2.05) is 0 Å². The Bertz CT molecular complexity index is 215. The SMILES string of the molecule is CCO[Si](C)(CC)CCCCCC[Si](C)(CC)OCC. The van der Waals surface area contributed by atoms with Crippen molar-refractivity contribution in [2.45, 2.75) is 90.6 Å². The van der Waals surface area contributed by atoms with Gasteiger partial charge in [0.2, 0.25) is 0 Å². The predicted octanol–water partition coefficient (Wildman–Crippen LogP) is 5.81. The maximum Gasteiger partial charge on any atom is 0.189 e. The zero-order chi connectivity index (χ0) is 15.5. The number of unbranched alkanes of at least 4 members (excludes halogenated alkanes) is 3. The molecular formula is C16H38O2Si2. The fourth-order valence-corrected chi connectivity index (χ4v) is 7.54.